The molecular weight excluding hydrogens is 345 g/mol. The van der Waals surface area contributed by atoms with E-state index in [9.17, 15) is 14.0 Å². The lowest BCUT2D eigenvalue weighted by atomic mass is 10.0. The zero-order chi connectivity index (χ0) is 19.8. The van der Waals surface area contributed by atoms with Gasteiger partial charge in [0.25, 0.3) is 5.91 Å². The number of hydrogen-bond donors (Lipinski definition) is 3. The highest BCUT2D eigenvalue weighted by Crippen LogP contribution is 2.13. The molecule has 3 N–H and O–H groups in total. The minimum Gasteiger partial charge on any atom is -0.340 e. The predicted molar refractivity (Wildman–Crippen MR) is 105 cm³/mol. The van der Waals surface area contributed by atoms with Crippen LogP contribution in [-0.4, -0.2) is 24.4 Å². The van der Waals surface area contributed by atoms with Crippen molar-refractivity contribution in [1.29, 1.82) is 0 Å². The molecule has 0 aliphatic heterocycles. The first kappa shape index (κ1) is 20.6. The maximum absolute atomic E-state index is 13.0. The monoisotopic (exact) mass is 371 g/mol. The Kier molecular flexibility index (Phi) is 7.49. The van der Waals surface area contributed by atoms with E-state index >= 15 is 0 Å². The van der Waals surface area contributed by atoms with Crippen molar-refractivity contribution in [3.05, 3.63) is 65.5 Å². The van der Waals surface area contributed by atoms with E-state index in [4.69, 9.17) is 0 Å². The smallest absolute Gasteiger partial charge is 0.251 e. The Labute approximate surface area is 159 Å². The van der Waals surface area contributed by atoms with E-state index in [0.29, 0.717) is 11.3 Å². The summed E-state index contributed by atoms with van der Waals surface area (Å²) < 4.78 is 13.0. The molecule has 5 nitrogen and oxygen atoms in total. The standard InChI is InChI=1S/C21H26FN3O2/c1-4-23-13-15-6-5-7-18(12-15)24-21(27)19(14(2)3)25-20(26)16-8-10-17(22)11-9-16/h5-12,14,19,23H,4,13H2,1-3H3,(H,24,27)(H,25,26). The molecule has 1 unspecified atom stereocenters. The van der Waals surface area contributed by atoms with Crippen LogP contribution in [-0.2, 0) is 11.3 Å². The number of anilines is 1. The van der Waals surface area contributed by atoms with Gasteiger partial charge in [0.2, 0.25) is 5.91 Å². The molecule has 27 heavy (non-hydrogen) atoms. The average Bonchev–Trinajstić information content (AvgIpc) is 2.64. The summed E-state index contributed by atoms with van der Waals surface area (Å²) in [6.07, 6.45) is 0. The maximum Gasteiger partial charge on any atom is 0.251 e. The maximum atomic E-state index is 13.0. The minimum atomic E-state index is -0.708. The molecule has 0 bridgehead atoms. The Balaban J connectivity index is 2.06. The third-order valence-corrected chi connectivity index (χ3v) is 4.12. The Bertz CT molecular complexity index is 775. The molecule has 144 valence electrons. The normalized spacial score (nSPS) is 11.9. The van der Waals surface area contributed by atoms with Gasteiger partial charge in [-0.2, -0.15) is 0 Å². The van der Waals surface area contributed by atoms with Gasteiger partial charge in [-0.25, -0.2) is 4.39 Å². The van der Waals surface area contributed by atoms with E-state index in [2.05, 4.69) is 16.0 Å². The highest BCUT2D eigenvalue weighted by Gasteiger charge is 2.24. The molecule has 0 saturated heterocycles. The molecule has 0 saturated carbocycles. The second kappa shape index (κ2) is 9.83. The summed E-state index contributed by atoms with van der Waals surface area (Å²) in [6.45, 7) is 7.33. The average molecular weight is 371 g/mol. The number of nitrogens with one attached hydrogen (secondary N) is 3. The van der Waals surface area contributed by atoms with Crippen molar-refractivity contribution in [2.45, 2.75) is 33.4 Å². The van der Waals surface area contributed by atoms with Crippen molar-refractivity contribution in [3.63, 3.8) is 0 Å². The molecule has 0 spiro atoms. The first-order chi connectivity index (χ1) is 12.9. The van der Waals surface area contributed by atoms with Crippen molar-refractivity contribution in [3.8, 4) is 0 Å². The molecule has 0 aromatic heterocycles. The first-order valence-corrected chi connectivity index (χ1v) is 9.07. The summed E-state index contributed by atoms with van der Waals surface area (Å²) in [5, 5.41) is 8.84. The molecule has 2 amide bonds. The van der Waals surface area contributed by atoms with Crippen LogP contribution in [0.15, 0.2) is 48.5 Å². The number of amides is 2. The van der Waals surface area contributed by atoms with Gasteiger partial charge in [-0.3, -0.25) is 9.59 Å². The molecule has 1 atom stereocenters. The number of halogens is 1. The van der Waals surface area contributed by atoms with Crippen LogP contribution in [0.3, 0.4) is 0 Å². The highest BCUT2D eigenvalue weighted by molar-refractivity contribution is 6.01. The molecule has 2 rings (SSSR count). The van der Waals surface area contributed by atoms with Gasteiger partial charge in [0, 0.05) is 17.8 Å². The summed E-state index contributed by atoms with van der Waals surface area (Å²) >= 11 is 0. The van der Waals surface area contributed by atoms with Gasteiger partial charge in [-0.15, -0.1) is 0 Å². The molecule has 6 heteroatoms. The van der Waals surface area contributed by atoms with E-state index in [1.807, 2.05) is 45.0 Å². The first-order valence-electron chi connectivity index (χ1n) is 9.07. The summed E-state index contributed by atoms with van der Waals surface area (Å²) in [4.78, 5) is 25.1. The second-order valence-electron chi connectivity index (χ2n) is 6.67. The van der Waals surface area contributed by atoms with E-state index in [1.165, 1.54) is 24.3 Å². The van der Waals surface area contributed by atoms with Gasteiger partial charge in [-0.1, -0.05) is 32.9 Å². The minimum absolute atomic E-state index is 0.112. The van der Waals surface area contributed by atoms with Gasteiger partial charge in [0.15, 0.2) is 0 Å². The van der Waals surface area contributed by atoms with Crippen LogP contribution >= 0.6 is 0 Å². The van der Waals surface area contributed by atoms with Crippen molar-refractivity contribution < 1.29 is 14.0 Å². The van der Waals surface area contributed by atoms with Crippen molar-refractivity contribution in [2.24, 2.45) is 5.92 Å². The molecule has 2 aromatic rings. The lowest BCUT2D eigenvalue weighted by Crippen LogP contribution is -2.47. The van der Waals surface area contributed by atoms with Crippen LogP contribution in [0.4, 0.5) is 10.1 Å². The number of carbonyl (C=O) groups excluding carboxylic acids is 2. The van der Waals surface area contributed by atoms with Crippen LogP contribution in [0.5, 0.6) is 0 Å². The molecule has 0 radical (unpaired) electrons. The largest absolute Gasteiger partial charge is 0.340 e. The third-order valence-electron chi connectivity index (χ3n) is 4.12. The highest BCUT2D eigenvalue weighted by atomic mass is 19.1. The van der Waals surface area contributed by atoms with Crippen LogP contribution < -0.4 is 16.0 Å². The van der Waals surface area contributed by atoms with E-state index in [-0.39, 0.29) is 11.8 Å². The Hall–Kier alpha value is -2.73. The van der Waals surface area contributed by atoms with Gasteiger partial charge in [0.1, 0.15) is 11.9 Å². The number of carbonyl (C=O) groups is 2. The Morgan fingerprint density at radius 3 is 2.41 bits per heavy atom. The van der Waals surface area contributed by atoms with E-state index < -0.39 is 17.8 Å². The van der Waals surface area contributed by atoms with E-state index in [0.717, 1.165) is 18.7 Å². The Morgan fingerprint density at radius 1 is 1.07 bits per heavy atom. The van der Waals surface area contributed by atoms with Crippen LogP contribution in [0.25, 0.3) is 0 Å². The van der Waals surface area contributed by atoms with Gasteiger partial charge < -0.3 is 16.0 Å². The summed E-state index contributed by atoms with van der Waals surface area (Å²) in [5.74, 6) is -1.23. The van der Waals surface area contributed by atoms with Crippen LogP contribution in [0.2, 0.25) is 0 Å². The van der Waals surface area contributed by atoms with Crippen molar-refractivity contribution in [1.82, 2.24) is 10.6 Å². The summed E-state index contributed by atoms with van der Waals surface area (Å²) in [6, 6.07) is 12.1. The predicted octanol–water partition coefficient (Wildman–Crippen LogP) is 3.33. The lowest BCUT2D eigenvalue weighted by molar-refractivity contribution is -0.118. The Morgan fingerprint density at radius 2 is 1.78 bits per heavy atom. The van der Waals surface area contributed by atoms with Gasteiger partial charge >= 0.3 is 0 Å². The van der Waals surface area contributed by atoms with Crippen molar-refractivity contribution in [2.75, 3.05) is 11.9 Å². The lowest BCUT2D eigenvalue weighted by Gasteiger charge is -2.22. The van der Waals surface area contributed by atoms with Gasteiger partial charge in [-0.05, 0) is 54.4 Å². The molecule has 0 aliphatic carbocycles. The topological polar surface area (TPSA) is 70.2 Å². The third kappa shape index (κ3) is 6.18. The molecule has 0 fully saturated rings. The quantitative estimate of drug-likeness (QED) is 0.667. The molecular formula is C21H26FN3O2. The number of benzene rings is 2. The molecule has 0 aliphatic rings. The van der Waals surface area contributed by atoms with Crippen molar-refractivity contribution >= 4 is 17.5 Å². The summed E-state index contributed by atoms with van der Waals surface area (Å²) in [5.41, 5.74) is 2.05. The van der Waals surface area contributed by atoms with E-state index in [1.54, 1.807) is 0 Å². The fourth-order valence-corrected chi connectivity index (χ4v) is 2.61. The number of hydrogen-bond acceptors (Lipinski definition) is 3. The number of rotatable bonds is 8. The second-order valence-corrected chi connectivity index (χ2v) is 6.67. The fourth-order valence-electron chi connectivity index (χ4n) is 2.61. The summed E-state index contributed by atoms with van der Waals surface area (Å²) in [7, 11) is 0. The molecule has 2 aromatic carbocycles. The zero-order valence-electron chi connectivity index (χ0n) is 15.9. The van der Waals surface area contributed by atoms with Crippen LogP contribution in [0, 0.1) is 11.7 Å². The molecule has 0 heterocycles. The fraction of sp³-hybridized carbons (Fsp3) is 0.333. The SMILES string of the molecule is CCNCc1cccc(NC(=O)C(NC(=O)c2ccc(F)cc2)C(C)C)c1. The zero-order valence-corrected chi connectivity index (χ0v) is 15.9. The van der Waals surface area contributed by atoms with Crippen LogP contribution in [0.1, 0.15) is 36.7 Å². The van der Waals surface area contributed by atoms with Gasteiger partial charge in [0.05, 0.1) is 0 Å².